The van der Waals surface area contributed by atoms with Gasteiger partial charge in [0.1, 0.15) is 0 Å². The van der Waals surface area contributed by atoms with E-state index in [4.69, 9.17) is 0 Å². The van der Waals surface area contributed by atoms with Crippen LogP contribution in [0.1, 0.15) is 48.0 Å². The number of hydrogen-bond donors (Lipinski definition) is 0. The Hall–Kier alpha value is 0.423. The van der Waals surface area contributed by atoms with Crippen molar-refractivity contribution in [2.24, 2.45) is 5.41 Å². The van der Waals surface area contributed by atoms with E-state index < -0.39 is 23.2 Å². The van der Waals surface area contributed by atoms with E-state index in [-0.39, 0.29) is 24.8 Å². The van der Waals surface area contributed by atoms with Crippen molar-refractivity contribution in [1.29, 1.82) is 0 Å². The van der Waals surface area contributed by atoms with Crippen molar-refractivity contribution in [2.75, 3.05) is 0 Å². The van der Waals surface area contributed by atoms with Gasteiger partial charge in [-0.2, -0.15) is 0 Å². The Kier molecular flexibility index (Phi) is 7.08. The van der Waals surface area contributed by atoms with Crippen LogP contribution in [0.25, 0.3) is 0 Å². The molecule has 0 saturated heterocycles. The van der Waals surface area contributed by atoms with Gasteiger partial charge in [-0.05, 0) is 0 Å². The summed E-state index contributed by atoms with van der Waals surface area (Å²) in [5.74, 6) is 0. The number of rotatable bonds is 2. The van der Waals surface area contributed by atoms with Gasteiger partial charge in [0.15, 0.2) is 0 Å². The monoisotopic (exact) mass is 376 g/mol. The average Bonchev–Trinajstić information content (AvgIpc) is 2.73. The van der Waals surface area contributed by atoms with Gasteiger partial charge in [-0.15, -0.1) is 24.8 Å². The summed E-state index contributed by atoms with van der Waals surface area (Å²) in [6.45, 7) is 14.1. The molecular weight excluding hydrogens is 354 g/mol. The van der Waals surface area contributed by atoms with Crippen molar-refractivity contribution in [1.82, 2.24) is 0 Å². The standard InChI is InChI=1S/C10H15.C6H7.2ClH.Zr/c1-7-6-10(4,5)9(3)8(7)2;1-6-4-2-3-5-6;;;/h1-5H3;2,4H,3H2,1H3;2*1H;. The zero-order chi connectivity index (χ0) is 12.8. The molecule has 2 rings (SSSR count). The van der Waals surface area contributed by atoms with Gasteiger partial charge in [-0.1, -0.05) is 0 Å². The molecular formula is C16H24Cl2Zr. The molecule has 0 spiro atoms. The van der Waals surface area contributed by atoms with Gasteiger partial charge in [-0.3, -0.25) is 0 Å². The second-order valence-corrected chi connectivity index (χ2v) is 9.10. The van der Waals surface area contributed by atoms with Gasteiger partial charge in [0.25, 0.3) is 0 Å². The molecule has 106 valence electrons. The van der Waals surface area contributed by atoms with Crippen molar-refractivity contribution in [3.8, 4) is 0 Å². The van der Waals surface area contributed by atoms with Crippen LogP contribution in [0.4, 0.5) is 0 Å². The number of allylic oxidation sites excluding steroid dienone is 8. The first kappa shape index (κ1) is 19.4. The minimum atomic E-state index is -0.558. The van der Waals surface area contributed by atoms with E-state index in [1.54, 1.807) is 28.9 Å². The molecule has 0 fully saturated rings. The topological polar surface area (TPSA) is 0 Å². The summed E-state index contributed by atoms with van der Waals surface area (Å²) in [7, 11) is 0. The van der Waals surface area contributed by atoms with E-state index in [0.717, 1.165) is 0 Å². The molecule has 0 aromatic rings. The molecule has 0 radical (unpaired) electrons. The summed E-state index contributed by atoms with van der Waals surface area (Å²) < 4.78 is 3.58. The normalized spacial score (nSPS) is 20.7. The molecule has 0 amide bonds. The molecule has 0 saturated carbocycles. The van der Waals surface area contributed by atoms with Gasteiger partial charge in [-0.25, -0.2) is 0 Å². The summed E-state index contributed by atoms with van der Waals surface area (Å²) in [4.78, 5) is 0. The maximum Gasteiger partial charge on any atom is -0.147 e. The maximum atomic E-state index is 2.41. The molecule has 0 N–H and O–H groups in total. The second kappa shape index (κ2) is 6.92. The van der Waals surface area contributed by atoms with Crippen LogP contribution in [0.3, 0.4) is 0 Å². The summed E-state index contributed by atoms with van der Waals surface area (Å²) in [6, 6.07) is 0. The van der Waals surface area contributed by atoms with Crippen molar-refractivity contribution in [3.05, 3.63) is 41.0 Å². The molecule has 0 aromatic carbocycles. The van der Waals surface area contributed by atoms with Crippen molar-refractivity contribution < 1.29 is 23.2 Å². The van der Waals surface area contributed by atoms with Gasteiger partial charge in [0.05, 0.1) is 0 Å². The Labute approximate surface area is 141 Å². The number of halogens is 2. The minimum absolute atomic E-state index is 0. The molecule has 0 aliphatic heterocycles. The third kappa shape index (κ3) is 3.37. The summed E-state index contributed by atoms with van der Waals surface area (Å²) in [5, 5.41) is 0. The summed E-state index contributed by atoms with van der Waals surface area (Å²) in [6.07, 6.45) is 5.86. The van der Waals surface area contributed by atoms with E-state index in [0.29, 0.717) is 5.41 Å². The van der Waals surface area contributed by atoms with E-state index >= 15 is 0 Å². The SMILES string of the molecule is CC1=[C]([Zr][C]2=C(C)C(C)=C(C)C2(C)C)CC=C1.Cl.Cl. The molecule has 0 atom stereocenters. The second-order valence-electron chi connectivity index (χ2n) is 5.77. The van der Waals surface area contributed by atoms with Crippen LogP contribution in [0.5, 0.6) is 0 Å². The molecule has 0 nitrogen and oxygen atoms in total. The molecule has 2 aliphatic carbocycles. The van der Waals surface area contributed by atoms with Crippen molar-refractivity contribution in [2.45, 2.75) is 48.0 Å². The fourth-order valence-corrected chi connectivity index (χ4v) is 6.88. The molecule has 0 heterocycles. The fraction of sp³-hybridized carbons (Fsp3) is 0.500. The first-order valence-corrected chi connectivity index (χ1v) is 8.84. The third-order valence-electron chi connectivity index (χ3n) is 4.50. The van der Waals surface area contributed by atoms with Gasteiger partial charge in [0.2, 0.25) is 0 Å². The zero-order valence-corrected chi connectivity index (χ0v) is 16.8. The molecule has 0 unspecified atom stereocenters. The molecule has 3 heteroatoms. The predicted molar refractivity (Wildman–Crippen MR) is 85.8 cm³/mol. The number of hydrogen-bond acceptors (Lipinski definition) is 0. The van der Waals surface area contributed by atoms with E-state index in [2.05, 4.69) is 53.7 Å². The van der Waals surface area contributed by atoms with Crippen LogP contribution in [-0.2, 0) is 23.2 Å². The van der Waals surface area contributed by atoms with Gasteiger partial charge in [0, 0.05) is 0 Å². The molecule has 0 bridgehead atoms. The minimum Gasteiger partial charge on any atom is -0.147 e. The first-order chi connectivity index (χ1) is 7.85. The van der Waals surface area contributed by atoms with Crippen molar-refractivity contribution in [3.63, 3.8) is 0 Å². The predicted octanol–water partition coefficient (Wildman–Crippen LogP) is 5.80. The quantitative estimate of drug-likeness (QED) is 0.570. The Balaban J connectivity index is 0.00000162. The van der Waals surface area contributed by atoms with Crippen LogP contribution in [0, 0.1) is 5.41 Å². The van der Waals surface area contributed by atoms with Crippen LogP contribution in [0.2, 0.25) is 0 Å². The molecule has 19 heavy (non-hydrogen) atoms. The van der Waals surface area contributed by atoms with Crippen LogP contribution in [0.15, 0.2) is 41.0 Å². The Morgan fingerprint density at radius 1 is 1.00 bits per heavy atom. The van der Waals surface area contributed by atoms with Crippen LogP contribution in [-0.4, -0.2) is 0 Å². The zero-order valence-electron chi connectivity index (χ0n) is 12.7. The van der Waals surface area contributed by atoms with E-state index in [9.17, 15) is 0 Å². The van der Waals surface area contributed by atoms with E-state index in [1.165, 1.54) is 6.42 Å². The first-order valence-electron chi connectivity index (χ1n) is 6.38. The Morgan fingerprint density at radius 3 is 1.95 bits per heavy atom. The van der Waals surface area contributed by atoms with Gasteiger partial charge >= 0.3 is 118 Å². The summed E-state index contributed by atoms with van der Waals surface area (Å²) >= 11 is -0.558. The molecule has 2 aliphatic rings. The third-order valence-corrected chi connectivity index (χ3v) is 9.79. The Morgan fingerprint density at radius 2 is 1.58 bits per heavy atom. The van der Waals surface area contributed by atoms with Crippen LogP contribution < -0.4 is 0 Å². The smallest absolute Gasteiger partial charge is 0.147 e. The summed E-state index contributed by atoms with van der Waals surface area (Å²) in [5.41, 5.74) is 6.63. The maximum absolute atomic E-state index is 2.41. The van der Waals surface area contributed by atoms with Gasteiger partial charge < -0.3 is 0 Å². The van der Waals surface area contributed by atoms with E-state index in [1.807, 2.05) is 0 Å². The van der Waals surface area contributed by atoms with Crippen LogP contribution >= 0.6 is 24.8 Å². The Bertz CT molecular complexity index is 491. The molecule has 0 aromatic heterocycles. The average molecular weight is 378 g/mol. The fourth-order valence-electron chi connectivity index (χ4n) is 2.76. The largest absolute Gasteiger partial charge is 0.147 e. The van der Waals surface area contributed by atoms with Crippen molar-refractivity contribution >= 4 is 24.8 Å².